The van der Waals surface area contributed by atoms with E-state index in [1.54, 1.807) is 0 Å². The molecule has 0 aromatic carbocycles. The van der Waals surface area contributed by atoms with Gasteiger partial charge in [0.25, 0.3) is 0 Å². The van der Waals surface area contributed by atoms with Gasteiger partial charge in [-0.05, 0) is 15.9 Å². The summed E-state index contributed by atoms with van der Waals surface area (Å²) in [4.78, 5) is 3.13. The van der Waals surface area contributed by atoms with E-state index in [1.165, 1.54) is 0 Å². The fourth-order valence-electron chi connectivity index (χ4n) is 1.00. The van der Waals surface area contributed by atoms with Crippen LogP contribution in [0.4, 0.5) is 26.1 Å². The first kappa shape index (κ1) is 16.9. The molecule has 0 aliphatic heterocycles. The molecular formula is C6H2BBrF6KN. The summed E-state index contributed by atoms with van der Waals surface area (Å²) < 4.78 is 72.8. The molecule has 1 heterocycles. The van der Waals surface area contributed by atoms with Crippen LogP contribution in [-0.2, 0) is 6.18 Å². The number of nitrogens with zero attached hydrogens (tertiary/aromatic N) is 1. The van der Waals surface area contributed by atoms with E-state index in [9.17, 15) is 26.1 Å². The van der Waals surface area contributed by atoms with Gasteiger partial charge in [-0.25, -0.2) is 4.98 Å². The van der Waals surface area contributed by atoms with Gasteiger partial charge in [0, 0.05) is 6.20 Å². The van der Waals surface area contributed by atoms with Crippen molar-refractivity contribution in [1.29, 1.82) is 0 Å². The van der Waals surface area contributed by atoms with Crippen LogP contribution in [0.5, 0.6) is 0 Å². The molecule has 0 N–H and O–H groups in total. The summed E-state index contributed by atoms with van der Waals surface area (Å²) in [7, 11) is 0. The maximum absolute atomic E-state index is 12.3. The summed E-state index contributed by atoms with van der Waals surface area (Å²) in [6, 6.07) is 0.313. The Kier molecular flexibility index (Phi) is 6.03. The minimum atomic E-state index is -5.71. The topological polar surface area (TPSA) is 12.9 Å². The fraction of sp³-hybridized carbons (Fsp3) is 0.167. The first-order chi connectivity index (χ1) is 6.64. The Morgan fingerprint density at radius 3 is 2.00 bits per heavy atom. The largest absolute Gasteiger partial charge is 1.00 e. The zero-order chi connectivity index (χ0) is 11.9. The van der Waals surface area contributed by atoms with Crippen molar-refractivity contribution in [3.05, 3.63) is 22.4 Å². The van der Waals surface area contributed by atoms with Crippen molar-refractivity contribution in [2.45, 2.75) is 6.18 Å². The minimum Gasteiger partial charge on any atom is -0.445 e. The van der Waals surface area contributed by atoms with Crippen molar-refractivity contribution in [3.63, 3.8) is 0 Å². The molecule has 0 saturated carbocycles. The number of hydrogen-bond donors (Lipinski definition) is 0. The van der Waals surface area contributed by atoms with E-state index in [0.29, 0.717) is 12.3 Å². The molecule has 0 aliphatic rings. The normalized spacial score (nSPS) is 12.2. The van der Waals surface area contributed by atoms with E-state index in [2.05, 4.69) is 20.9 Å². The third-order valence-corrected chi connectivity index (χ3v) is 2.17. The first-order valence-corrected chi connectivity index (χ1v) is 4.35. The minimum absolute atomic E-state index is 0. The Morgan fingerprint density at radius 1 is 1.19 bits per heavy atom. The number of halogens is 7. The summed E-state index contributed by atoms with van der Waals surface area (Å²) in [5.74, 6) is 0. The summed E-state index contributed by atoms with van der Waals surface area (Å²) in [5, 5.41) is 0. The van der Waals surface area contributed by atoms with Gasteiger partial charge in [0.2, 0.25) is 0 Å². The van der Waals surface area contributed by atoms with E-state index in [0.717, 1.165) is 0 Å². The van der Waals surface area contributed by atoms with Crippen LogP contribution in [0.3, 0.4) is 0 Å². The summed E-state index contributed by atoms with van der Waals surface area (Å²) in [5.41, 5.74) is -3.47. The molecule has 1 rings (SSSR count). The van der Waals surface area contributed by atoms with Crippen LogP contribution in [0.2, 0.25) is 0 Å². The van der Waals surface area contributed by atoms with Gasteiger partial charge in [-0.1, -0.05) is 11.5 Å². The molecule has 0 atom stereocenters. The molecule has 0 saturated heterocycles. The van der Waals surface area contributed by atoms with Crippen LogP contribution in [0.1, 0.15) is 5.56 Å². The average Bonchev–Trinajstić information content (AvgIpc) is 1.99. The van der Waals surface area contributed by atoms with Crippen molar-refractivity contribution in [3.8, 4) is 0 Å². The maximum atomic E-state index is 12.3. The zero-order valence-electron chi connectivity index (χ0n) is 7.83. The molecule has 0 fully saturated rings. The number of pyridine rings is 1. The molecule has 0 radical (unpaired) electrons. The molecule has 1 aromatic heterocycles. The Balaban J connectivity index is 0.00000225. The smallest absolute Gasteiger partial charge is 0.445 e. The van der Waals surface area contributed by atoms with Gasteiger partial charge < -0.3 is 12.9 Å². The van der Waals surface area contributed by atoms with Crippen LogP contribution in [0.25, 0.3) is 0 Å². The van der Waals surface area contributed by atoms with E-state index in [-0.39, 0.29) is 51.4 Å². The van der Waals surface area contributed by atoms with Crippen molar-refractivity contribution >= 4 is 28.4 Å². The third kappa shape index (κ3) is 3.98. The number of alkyl halides is 3. The van der Waals surface area contributed by atoms with Crippen LogP contribution < -0.4 is 56.8 Å². The van der Waals surface area contributed by atoms with E-state index >= 15 is 0 Å². The Morgan fingerprint density at radius 2 is 1.69 bits per heavy atom. The van der Waals surface area contributed by atoms with E-state index in [1.807, 2.05) is 0 Å². The SMILES string of the molecule is F[B-](F)(F)c1ccnc(Br)c1C(F)(F)F.[K+]. The van der Waals surface area contributed by atoms with Crippen molar-refractivity contribution in [2.24, 2.45) is 0 Å². The molecule has 84 valence electrons. The van der Waals surface area contributed by atoms with Crippen LogP contribution in [-0.4, -0.2) is 12.0 Å². The number of rotatable bonds is 1. The molecular weight excluding hydrogens is 330 g/mol. The van der Waals surface area contributed by atoms with Gasteiger partial charge in [-0.3, -0.25) is 0 Å². The molecule has 0 bridgehead atoms. The molecule has 1 aromatic rings. The maximum Gasteiger partial charge on any atom is 1.00 e. The fourth-order valence-corrected chi connectivity index (χ4v) is 1.58. The van der Waals surface area contributed by atoms with E-state index < -0.39 is 28.8 Å². The second-order valence-electron chi connectivity index (χ2n) is 2.64. The quantitative estimate of drug-likeness (QED) is 0.398. The van der Waals surface area contributed by atoms with Crippen molar-refractivity contribution in [2.75, 3.05) is 0 Å². The second-order valence-corrected chi connectivity index (χ2v) is 3.39. The van der Waals surface area contributed by atoms with Crippen molar-refractivity contribution in [1.82, 2.24) is 4.98 Å². The van der Waals surface area contributed by atoms with Gasteiger partial charge >= 0.3 is 64.5 Å². The molecule has 0 unspecified atom stereocenters. The summed E-state index contributed by atoms with van der Waals surface area (Å²) in [6.07, 6.45) is -4.41. The Labute approximate surface area is 138 Å². The number of hydrogen-bond acceptors (Lipinski definition) is 1. The first-order valence-electron chi connectivity index (χ1n) is 3.55. The molecule has 0 amide bonds. The standard InChI is InChI=1S/C6H2BBrF6N.K/c8-5-4(6(9,10)11)3(1-2-15-5)7(12,13)14;/h1-2H;/q-1;+1. The van der Waals surface area contributed by atoms with Gasteiger partial charge in [-0.2, -0.15) is 13.2 Å². The summed E-state index contributed by atoms with van der Waals surface area (Å²) >= 11 is 2.35. The summed E-state index contributed by atoms with van der Waals surface area (Å²) in [6.45, 7) is -5.71. The van der Waals surface area contributed by atoms with Crippen LogP contribution in [0, 0.1) is 0 Å². The molecule has 1 nitrogen and oxygen atoms in total. The Bertz CT molecular complexity index is 378. The monoisotopic (exact) mass is 331 g/mol. The van der Waals surface area contributed by atoms with Crippen LogP contribution >= 0.6 is 15.9 Å². The molecule has 0 spiro atoms. The van der Waals surface area contributed by atoms with Gasteiger partial charge in [0.15, 0.2) is 0 Å². The predicted molar refractivity (Wildman–Crippen MR) is 45.7 cm³/mol. The van der Waals surface area contributed by atoms with E-state index in [4.69, 9.17) is 0 Å². The molecule has 16 heavy (non-hydrogen) atoms. The number of aromatic nitrogens is 1. The van der Waals surface area contributed by atoms with Crippen LogP contribution in [0.15, 0.2) is 16.9 Å². The predicted octanol–water partition coefficient (Wildman–Crippen LogP) is -0.0787. The third-order valence-electron chi connectivity index (χ3n) is 1.57. The van der Waals surface area contributed by atoms with Gasteiger partial charge in [0.1, 0.15) is 4.60 Å². The van der Waals surface area contributed by atoms with Gasteiger partial charge in [0.05, 0.1) is 5.56 Å². The van der Waals surface area contributed by atoms with Gasteiger partial charge in [-0.15, -0.1) is 0 Å². The zero-order valence-corrected chi connectivity index (χ0v) is 12.5. The Hall–Kier alpha value is 0.911. The molecule has 10 heteroatoms. The average molecular weight is 332 g/mol. The second kappa shape index (κ2) is 5.70. The molecule has 0 aliphatic carbocycles. The van der Waals surface area contributed by atoms with Crippen molar-refractivity contribution < 1.29 is 77.5 Å².